The summed E-state index contributed by atoms with van der Waals surface area (Å²) in [7, 11) is 0. The van der Waals surface area contributed by atoms with Gasteiger partial charge in [-0.3, -0.25) is 9.59 Å². The summed E-state index contributed by atoms with van der Waals surface area (Å²) in [5.41, 5.74) is 7.31. The first-order valence-electron chi connectivity index (χ1n) is 6.16. The van der Waals surface area contributed by atoms with E-state index in [1.807, 2.05) is 29.2 Å². The number of carbonyl (C=O) groups excluding carboxylic acids is 1. The Hall–Kier alpha value is -2.08. The quantitative estimate of drug-likeness (QED) is 0.685. The lowest BCUT2D eigenvalue weighted by atomic mass is 10.0. The minimum absolute atomic E-state index is 0.0245. The minimum Gasteiger partial charge on any atom is -0.480 e. The molecule has 1 atom stereocenters. The molecule has 1 amide bonds. The van der Waals surface area contributed by atoms with Crippen molar-refractivity contribution in [3.8, 4) is 0 Å². The fraction of sp³-hybridized carbons (Fsp3) is 0.385. The number of anilines is 1. The van der Waals surface area contributed by atoms with Crippen molar-refractivity contribution in [3.05, 3.63) is 29.8 Å². The summed E-state index contributed by atoms with van der Waals surface area (Å²) in [4.78, 5) is 24.2. The number of nitrogens with two attached hydrogens (primary N) is 1. The summed E-state index contributed by atoms with van der Waals surface area (Å²) in [5.74, 6) is -1.05. The Balaban J connectivity index is 2.20. The maximum atomic E-state index is 11.4. The molecule has 1 fully saturated rings. The molecule has 0 saturated carbocycles. The van der Waals surface area contributed by atoms with Gasteiger partial charge < -0.3 is 21.1 Å². The molecule has 1 aliphatic rings. The zero-order valence-electron chi connectivity index (χ0n) is 10.5. The van der Waals surface area contributed by atoms with Crippen LogP contribution in [0.25, 0.3) is 0 Å². The Morgan fingerprint density at radius 2 is 2.21 bits per heavy atom. The first kappa shape index (κ1) is 13.4. The van der Waals surface area contributed by atoms with E-state index in [0.29, 0.717) is 19.6 Å². The van der Waals surface area contributed by atoms with Gasteiger partial charge in [0, 0.05) is 25.2 Å². The third-order valence-corrected chi connectivity index (χ3v) is 3.13. The molecule has 1 saturated heterocycles. The average molecular weight is 263 g/mol. The number of nitrogens with one attached hydrogen (secondary N) is 1. The van der Waals surface area contributed by atoms with Gasteiger partial charge in [0.05, 0.1) is 6.54 Å². The van der Waals surface area contributed by atoms with Crippen molar-refractivity contribution < 1.29 is 14.7 Å². The Morgan fingerprint density at radius 3 is 2.89 bits per heavy atom. The van der Waals surface area contributed by atoms with Crippen LogP contribution in [0, 0.1) is 0 Å². The number of piperazine rings is 1. The highest BCUT2D eigenvalue weighted by atomic mass is 16.4. The third kappa shape index (κ3) is 3.23. The first-order valence-corrected chi connectivity index (χ1v) is 6.16. The highest BCUT2D eigenvalue weighted by Crippen LogP contribution is 2.22. The van der Waals surface area contributed by atoms with Crippen LogP contribution in [0.2, 0.25) is 0 Å². The van der Waals surface area contributed by atoms with Crippen LogP contribution >= 0.6 is 0 Å². The number of hydrogen-bond acceptors (Lipinski definition) is 4. The molecular weight excluding hydrogens is 246 g/mol. The number of carboxylic acids is 1. The number of carboxylic acid groups (broad SMARTS) is 1. The molecule has 102 valence electrons. The third-order valence-electron chi connectivity index (χ3n) is 3.13. The van der Waals surface area contributed by atoms with Gasteiger partial charge >= 0.3 is 5.97 Å². The lowest BCUT2D eigenvalue weighted by molar-refractivity contribution is -0.138. The van der Waals surface area contributed by atoms with Crippen molar-refractivity contribution in [2.24, 2.45) is 5.73 Å². The number of amides is 1. The molecule has 2 rings (SSSR count). The molecule has 6 heteroatoms. The van der Waals surface area contributed by atoms with E-state index in [2.05, 4.69) is 5.32 Å². The van der Waals surface area contributed by atoms with Gasteiger partial charge in [0.15, 0.2) is 0 Å². The topological polar surface area (TPSA) is 95.7 Å². The molecule has 1 unspecified atom stereocenters. The summed E-state index contributed by atoms with van der Waals surface area (Å²) in [6.45, 7) is 1.60. The van der Waals surface area contributed by atoms with E-state index in [1.54, 1.807) is 0 Å². The van der Waals surface area contributed by atoms with Gasteiger partial charge in [-0.25, -0.2) is 0 Å². The van der Waals surface area contributed by atoms with Crippen LogP contribution in [0.15, 0.2) is 24.3 Å². The van der Waals surface area contributed by atoms with Crippen LogP contribution in [0.4, 0.5) is 5.69 Å². The molecular formula is C13H17N3O3. The molecule has 6 nitrogen and oxygen atoms in total. The molecule has 0 aliphatic carbocycles. The summed E-state index contributed by atoms with van der Waals surface area (Å²) in [5, 5.41) is 11.6. The fourth-order valence-electron chi connectivity index (χ4n) is 2.16. The van der Waals surface area contributed by atoms with Gasteiger partial charge in [0.1, 0.15) is 6.04 Å². The Labute approximate surface area is 111 Å². The molecule has 1 aromatic rings. The monoisotopic (exact) mass is 263 g/mol. The van der Waals surface area contributed by atoms with Gasteiger partial charge in [0.2, 0.25) is 5.91 Å². The van der Waals surface area contributed by atoms with Crippen molar-refractivity contribution in [1.82, 2.24) is 5.32 Å². The Kier molecular flexibility index (Phi) is 4.01. The number of benzene rings is 1. The molecule has 1 aromatic carbocycles. The number of carbonyl (C=O) groups is 2. The largest absolute Gasteiger partial charge is 0.480 e. The maximum absolute atomic E-state index is 11.4. The molecule has 1 heterocycles. The second-order valence-electron chi connectivity index (χ2n) is 4.55. The van der Waals surface area contributed by atoms with Crippen molar-refractivity contribution in [3.63, 3.8) is 0 Å². The summed E-state index contributed by atoms with van der Waals surface area (Å²) in [6, 6.07) is 6.53. The highest BCUT2D eigenvalue weighted by molar-refractivity contribution is 5.83. The Bertz CT molecular complexity index is 490. The van der Waals surface area contributed by atoms with Gasteiger partial charge in [-0.2, -0.15) is 0 Å². The Morgan fingerprint density at radius 1 is 1.47 bits per heavy atom. The number of nitrogens with zero attached hydrogens (tertiary/aromatic N) is 1. The molecule has 0 radical (unpaired) electrons. The van der Waals surface area contributed by atoms with Gasteiger partial charge in [-0.15, -0.1) is 0 Å². The number of hydrogen-bond donors (Lipinski definition) is 3. The predicted molar refractivity (Wildman–Crippen MR) is 71.0 cm³/mol. The van der Waals surface area contributed by atoms with E-state index >= 15 is 0 Å². The van der Waals surface area contributed by atoms with E-state index in [4.69, 9.17) is 10.8 Å². The van der Waals surface area contributed by atoms with Crippen LogP contribution in [0.1, 0.15) is 5.56 Å². The second-order valence-corrected chi connectivity index (χ2v) is 4.55. The SMILES string of the molecule is NC(Cc1ccccc1N1CCNC(=O)C1)C(=O)O. The maximum Gasteiger partial charge on any atom is 0.320 e. The van der Waals surface area contributed by atoms with Crippen molar-refractivity contribution in [2.45, 2.75) is 12.5 Å². The number of rotatable bonds is 4. The molecule has 19 heavy (non-hydrogen) atoms. The second kappa shape index (κ2) is 5.71. The van der Waals surface area contributed by atoms with Gasteiger partial charge in [-0.1, -0.05) is 18.2 Å². The molecule has 4 N–H and O–H groups in total. The first-order chi connectivity index (χ1) is 9.08. The van der Waals surface area contributed by atoms with Crippen LogP contribution in [0.3, 0.4) is 0 Å². The van der Waals surface area contributed by atoms with E-state index in [0.717, 1.165) is 11.3 Å². The summed E-state index contributed by atoms with van der Waals surface area (Å²) >= 11 is 0. The lowest BCUT2D eigenvalue weighted by Crippen LogP contribution is -2.48. The van der Waals surface area contributed by atoms with Crippen LogP contribution in [-0.4, -0.2) is 42.7 Å². The smallest absolute Gasteiger partial charge is 0.320 e. The zero-order valence-corrected chi connectivity index (χ0v) is 10.5. The standard InChI is InChI=1S/C13H17N3O3/c14-10(13(18)19)7-9-3-1-2-4-11(9)16-6-5-15-12(17)8-16/h1-4,10H,5-8,14H2,(H,15,17)(H,18,19). The van der Waals surface area contributed by atoms with E-state index in [-0.39, 0.29) is 12.3 Å². The van der Waals surface area contributed by atoms with E-state index < -0.39 is 12.0 Å². The normalized spacial score (nSPS) is 16.9. The molecule has 0 bridgehead atoms. The molecule has 0 aromatic heterocycles. The average Bonchev–Trinajstić information content (AvgIpc) is 2.39. The van der Waals surface area contributed by atoms with E-state index in [1.165, 1.54) is 0 Å². The zero-order chi connectivity index (χ0) is 13.8. The van der Waals surface area contributed by atoms with E-state index in [9.17, 15) is 9.59 Å². The van der Waals surface area contributed by atoms with Crippen molar-refractivity contribution in [2.75, 3.05) is 24.5 Å². The number of para-hydroxylation sites is 1. The van der Waals surface area contributed by atoms with Crippen LogP contribution < -0.4 is 16.0 Å². The van der Waals surface area contributed by atoms with Crippen LogP contribution in [-0.2, 0) is 16.0 Å². The number of aliphatic carboxylic acids is 1. The minimum atomic E-state index is -1.02. The van der Waals surface area contributed by atoms with Crippen LogP contribution in [0.5, 0.6) is 0 Å². The fourth-order valence-corrected chi connectivity index (χ4v) is 2.16. The lowest BCUT2D eigenvalue weighted by Gasteiger charge is -2.30. The molecule has 0 spiro atoms. The molecule has 1 aliphatic heterocycles. The predicted octanol–water partition coefficient (Wildman–Crippen LogP) is -0.423. The van der Waals surface area contributed by atoms with Gasteiger partial charge in [0.25, 0.3) is 0 Å². The van der Waals surface area contributed by atoms with Crippen molar-refractivity contribution in [1.29, 1.82) is 0 Å². The summed E-state index contributed by atoms with van der Waals surface area (Å²) < 4.78 is 0. The van der Waals surface area contributed by atoms with Gasteiger partial charge in [-0.05, 0) is 11.6 Å². The summed E-state index contributed by atoms with van der Waals surface area (Å²) in [6.07, 6.45) is 0.254. The van der Waals surface area contributed by atoms with Crippen molar-refractivity contribution >= 4 is 17.6 Å². The highest BCUT2D eigenvalue weighted by Gasteiger charge is 2.20.